The molecule has 2 heterocycles. The highest BCUT2D eigenvalue weighted by atomic mass is 19.4. The van der Waals surface area contributed by atoms with Gasteiger partial charge in [0.25, 0.3) is 5.92 Å². The summed E-state index contributed by atoms with van der Waals surface area (Å²) in [5.74, 6) is -3.54. The third kappa shape index (κ3) is 4.10. The number of hydrogen-bond acceptors (Lipinski definition) is 3. The molecule has 1 amide bonds. The Kier molecular flexibility index (Phi) is 4.13. The number of halogens is 5. The lowest BCUT2D eigenvalue weighted by molar-refractivity contribution is -0.141. The van der Waals surface area contributed by atoms with Crippen LogP contribution in [0.3, 0.4) is 0 Å². The molecule has 0 spiro atoms. The summed E-state index contributed by atoms with van der Waals surface area (Å²) < 4.78 is 62.7. The summed E-state index contributed by atoms with van der Waals surface area (Å²) in [6.45, 7) is -0.638. The van der Waals surface area contributed by atoms with Crippen LogP contribution in [-0.2, 0) is 17.5 Å². The predicted molar refractivity (Wildman–Crippen MR) is 62.4 cm³/mol. The molecule has 0 aliphatic carbocycles. The first-order valence-corrected chi connectivity index (χ1v) is 6.08. The van der Waals surface area contributed by atoms with Gasteiger partial charge in [-0.2, -0.15) is 13.2 Å². The van der Waals surface area contributed by atoms with Crippen LogP contribution in [0.15, 0.2) is 18.3 Å². The van der Waals surface area contributed by atoms with Crippen molar-refractivity contribution in [1.29, 1.82) is 0 Å². The molecule has 1 aromatic heterocycles. The number of hydrogen-bond donors (Lipinski definition) is 2. The van der Waals surface area contributed by atoms with E-state index >= 15 is 0 Å². The molecule has 0 unspecified atom stereocenters. The van der Waals surface area contributed by atoms with Gasteiger partial charge in [0.15, 0.2) is 0 Å². The lowest BCUT2D eigenvalue weighted by Crippen LogP contribution is -2.40. The fourth-order valence-electron chi connectivity index (χ4n) is 1.91. The molecule has 9 heteroatoms. The third-order valence-electron chi connectivity index (χ3n) is 3.01. The zero-order chi connectivity index (χ0) is 15.7. The summed E-state index contributed by atoms with van der Waals surface area (Å²) in [5.41, 5.74) is -0.684. The minimum absolute atomic E-state index is 0.0757. The van der Waals surface area contributed by atoms with Crippen LogP contribution in [0.2, 0.25) is 0 Å². The van der Waals surface area contributed by atoms with Crippen molar-refractivity contribution in [2.75, 3.05) is 6.54 Å². The highest BCUT2D eigenvalue weighted by Gasteiger charge is 2.42. The van der Waals surface area contributed by atoms with Crippen LogP contribution in [0.4, 0.5) is 22.0 Å². The van der Waals surface area contributed by atoms with E-state index in [9.17, 15) is 26.7 Å². The smallest absolute Gasteiger partial charge is 0.351 e. The second-order valence-electron chi connectivity index (χ2n) is 4.76. The van der Waals surface area contributed by atoms with Gasteiger partial charge in [0.1, 0.15) is 5.69 Å². The minimum atomic E-state index is -4.53. The first-order valence-electron chi connectivity index (χ1n) is 6.08. The molecule has 1 aliphatic heterocycles. The lowest BCUT2D eigenvalue weighted by Gasteiger charge is -2.11. The van der Waals surface area contributed by atoms with Gasteiger partial charge < -0.3 is 5.32 Å². The number of amides is 1. The second-order valence-corrected chi connectivity index (χ2v) is 4.76. The number of rotatable bonds is 3. The highest BCUT2D eigenvalue weighted by Crippen LogP contribution is 2.27. The van der Waals surface area contributed by atoms with Crippen molar-refractivity contribution in [1.82, 2.24) is 15.6 Å². The lowest BCUT2D eigenvalue weighted by atomic mass is 10.2. The number of pyridine rings is 1. The third-order valence-corrected chi connectivity index (χ3v) is 3.01. The largest absolute Gasteiger partial charge is 0.433 e. The normalized spacial score (nSPS) is 21.3. The fraction of sp³-hybridized carbons (Fsp3) is 0.500. The molecular weight excluding hydrogens is 297 g/mol. The van der Waals surface area contributed by atoms with Crippen molar-refractivity contribution in [3.8, 4) is 0 Å². The van der Waals surface area contributed by atoms with Crippen LogP contribution in [0, 0.1) is 0 Å². The number of nitrogens with one attached hydrogen (secondary N) is 2. The monoisotopic (exact) mass is 309 g/mol. The van der Waals surface area contributed by atoms with E-state index in [0.717, 1.165) is 12.3 Å². The van der Waals surface area contributed by atoms with Crippen LogP contribution in [0.5, 0.6) is 0 Å². The fourth-order valence-corrected chi connectivity index (χ4v) is 1.91. The Morgan fingerprint density at radius 1 is 1.43 bits per heavy atom. The number of carbonyl (C=O) groups is 1. The molecule has 116 valence electrons. The maximum absolute atomic E-state index is 12.9. The Bertz CT molecular complexity index is 515. The Balaban J connectivity index is 1.87. The second kappa shape index (κ2) is 5.55. The molecule has 0 saturated carbocycles. The van der Waals surface area contributed by atoms with Crippen molar-refractivity contribution in [2.45, 2.75) is 31.1 Å². The van der Waals surface area contributed by atoms with Gasteiger partial charge in [0, 0.05) is 19.2 Å². The highest BCUT2D eigenvalue weighted by molar-refractivity contribution is 5.82. The molecule has 1 aliphatic rings. The van der Waals surface area contributed by atoms with Crippen LogP contribution in [0.25, 0.3) is 0 Å². The van der Waals surface area contributed by atoms with Gasteiger partial charge in [-0.05, 0) is 11.6 Å². The first-order chi connectivity index (χ1) is 9.67. The average molecular weight is 309 g/mol. The van der Waals surface area contributed by atoms with E-state index in [-0.39, 0.29) is 6.54 Å². The maximum atomic E-state index is 12.9. The minimum Gasteiger partial charge on any atom is -0.351 e. The number of alkyl halides is 5. The van der Waals surface area contributed by atoms with Gasteiger partial charge in [-0.25, -0.2) is 8.78 Å². The van der Waals surface area contributed by atoms with Crippen LogP contribution in [-0.4, -0.2) is 29.4 Å². The summed E-state index contributed by atoms with van der Waals surface area (Å²) in [6, 6.07) is 0.971. The molecule has 1 aromatic rings. The van der Waals surface area contributed by atoms with Gasteiger partial charge in [0.05, 0.1) is 12.6 Å². The Hall–Kier alpha value is -1.77. The molecule has 1 atom stereocenters. The van der Waals surface area contributed by atoms with E-state index in [2.05, 4.69) is 15.6 Å². The van der Waals surface area contributed by atoms with Crippen molar-refractivity contribution >= 4 is 5.91 Å². The van der Waals surface area contributed by atoms with Crippen molar-refractivity contribution in [2.24, 2.45) is 0 Å². The Labute approximate surface area is 116 Å². The summed E-state index contributed by atoms with van der Waals surface area (Å²) >= 11 is 0. The molecule has 0 radical (unpaired) electrons. The molecule has 4 nitrogen and oxygen atoms in total. The van der Waals surface area contributed by atoms with E-state index in [1.165, 1.54) is 6.07 Å². The Morgan fingerprint density at radius 2 is 2.14 bits per heavy atom. The molecule has 1 saturated heterocycles. The summed E-state index contributed by atoms with van der Waals surface area (Å²) in [6.07, 6.45) is -4.13. The van der Waals surface area contributed by atoms with Gasteiger partial charge >= 0.3 is 6.18 Å². The van der Waals surface area contributed by atoms with Gasteiger partial charge in [-0.1, -0.05) is 6.07 Å². The molecular formula is C12H12F5N3O. The van der Waals surface area contributed by atoms with Crippen LogP contribution >= 0.6 is 0 Å². The van der Waals surface area contributed by atoms with Gasteiger partial charge in [-0.3, -0.25) is 15.1 Å². The summed E-state index contributed by atoms with van der Waals surface area (Å²) in [7, 11) is 0. The quantitative estimate of drug-likeness (QED) is 0.836. The van der Waals surface area contributed by atoms with Crippen molar-refractivity contribution in [3.63, 3.8) is 0 Å². The first kappa shape index (κ1) is 15.6. The van der Waals surface area contributed by atoms with Gasteiger partial charge in [-0.15, -0.1) is 0 Å². The molecule has 21 heavy (non-hydrogen) atoms. The summed E-state index contributed by atoms with van der Waals surface area (Å²) in [4.78, 5) is 14.9. The molecule has 0 bridgehead atoms. The average Bonchev–Trinajstić information content (AvgIpc) is 2.76. The SMILES string of the molecule is O=C(NCc1ccc(C(F)(F)F)nc1)[C@H]1CC(F)(F)CN1. The van der Waals surface area contributed by atoms with Gasteiger partial charge in [0.2, 0.25) is 5.91 Å². The van der Waals surface area contributed by atoms with Crippen LogP contribution in [0.1, 0.15) is 17.7 Å². The number of nitrogens with zero attached hydrogens (tertiary/aromatic N) is 1. The van der Waals surface area contributed by atoms with E-state index < -0.39 is 42.7 Å². The molecule has 2 N–H and O–H groups in total. The standard InChI is InChI=1S/C12H12F5N3O/c13-11(14)3-8(20-6-11)10(21)19-5-7-1-2-9(18-4-7)12(15,16)17/h1-2,4,8,20H,3,5-6H2,(H,19,21)/t8-/m1/s1. The Morgan fingerprint density at radius 3 is 2.62 bits per heavy atom. The maximum Gasteiger partial charge on any atom is 0.433 e. The topological polar surface area (TPSA) is 54.0 Å². The molecule has 0 aromatic carbocycles. The summed E-state index contributed by atoms with van der Waals surface area (Å²) in [5, 5.41) is 4.77. The number of aromatic nitrogens is 1. The number of carbonyl (C=O) groups excluding carboxylic acids is 1. The van der Waals surface area contributed by atoms with E-state index in [1.807, 2.05) is 0 Å². The van der Waals surface area contributed by atoms with E-state index in [4.69, 9.17) is 0 Å². The predicted octanol–water partition coefficient (Wildman–Crippen LogP) is 1.71. The zero-order valence-corrected chi connectivity index (χ0v) is 10.7. The molecule has 2 rings (SSSR count). The zero-order valence-electron chi connectivity index (χ0n) is 10.7. The van der Waals surface area contributed by atoms with E-state index in [0.29, 0.717) is 5.56 Å². The van der Waals surface area contributed by atoms with Crippen molar-refractivity contribution in [3.05, 3.63) is 29.6 Å². The van der Waals surface area contributed by atoms with Crippen LogP contribution < -0.4 is 10.6 Å². The van der Waals surface area contributed by atoms with Crippen molar-refractivity contribution < 1.29 is 26.7 Å². The van der Waals surface area contributed by atoms with E-state index in [1.54, 1.807) is 0 Å². The molecule has 1 fully saturated rings.